The number of hydrogen-bond acceptors (Lipinski definition) is 8. The second-order valence-electron chi connectivity index (χ2n) is 10.4. The highest BCUT2D eigenvalue weighted by Gasteiger charge is 2.29. The van der Waals surface area contributed by atoms with Crippen LogP contribution in [0.2, 0.25) is 0 Å². The van der Waals surface area contributed by atoms with Gasteiger partial charge in [-0.1, -0.05) is 54.6 Å². The average molecular weight is 541 g/mol. The molecule has 1 N–H and O–H groups in total. The molecule has 0 radical (unpaired) electrons. The molecule has 2 aliphatic heterocycles. The maximum atomic E-state index is 9.04. The molecule has 3 aromatic heterocycles. The van der Waals surface area contributed by atoms with Crippen molar-refractivity contribution in [1.29, 1.82) is 5.26 Å². The predicted molar refractivity (Wildman–Crippen MR) is 156 cm³/mol. The van der Waals surface area contributed by atoms with Crippen molar-refractivity contribution in [3.8, 4) is 45.6 Å². The van der Waals surface area contributed by atoms with Gasteiger partial charge in [0.25, 0.3) is 0 Å². The molecule has 0 unspecified atom stereocenters. The van der Waals surface area contributed by atoms with Crippen LogP contribution in [0.5, 0.6) is 5.75 Å². The number of furan rings is 1. The van der Waals surface area contributed by atoms with Gasteiger partial charge >= 0.3 is 0 Å². The summed E-state index contributed by atoms with van der Waals surface area (Å²) in [5.74, 6) is 3.39. The summed E-state index contributed by atoms with van der Waals surface area (Å²) in [5, 5.41) is 12.5. The minimum absolute atomic E-state index is 0.191. The largest absolute Gasteiger partial charge is 0.488 e. The Kier molecular flexibility index (Phi) is 6.63. The van der Waals surface area contributed by atoms with Crippen LogP contribution in [0.3, 0.4) is 0 Å². The van der Waals surface area contributed by atoms with Gasteiger partial charge in [0.1, 0.15) is 35.8 Å². The first-order chi connectivity index (χ1) is 20.2. The lowest BCUT2D eigenvalue weighted by molar-refractivity contribution is 0.211. The molecule has 1 fully saturated rings. The number of rotatable bonds is 6. The van der Waals surface area contributed by atoms with Crippen LogP contribution in [0.15, 0.2) is 89.7 Å². The third-order valence-electron chi connectivity index (χ3n) is 7.78. The SMILES string of the molecule is N#Cc1nccc(NC2CCN(Cc3ccc(-c4oc5c(c4-c4ccccc4)COc4ccncc4-5)cc3)CC2)n1. The number of nitrogens with one attached hydrogen (secondary N) is 1. The van der Waals surface area contributed by atoms with E-state index in [1.165, 1.54) is 5.56 Å². The van der Waals surface area contributed by atoms with Crippen LogP contribution < -0.4 is 10.1 Å². The topological polar surface area (TPSA) is 100 Å². The van der Waals surface area contributed by atoms with Crippen molar-refractivity contribution in [2.75, 3.05) is 18.4 Å². The molecule has 41 heavy (non-hydrogen) atoms. The molecule has 0 spiro atoms. The van der Waals surface area contributed by atoms with Crippen molar-refractivity contribution in [3.05, 3.63) is 102 Å². The second kappa shape index (κ2) is 10.9. The van der Waals surface area contributed by atoms with Crippen molar-refractivity contribution in [2.45, 2.75) is 32.0 Å². The van der Waals surface area contributed by atoms with Crippen LogP contribution in [0, 0.1) is 11.3 Å². The van der Waals surface area contributed by atoms with Crippen LogP contribution in [0.25, 0.3) is 33.8 Å². The van der Waals surface area contributed by atoms with Gasteiger partial charge in [0, 0.05) is 61.0 Å². The molecule has 7 rings (SSSR count). The van der Waals surface area contributed by atoms with E-state index >= 15 is 0 Å². The molecule has 0 aliphatic carbocycles. The summed E-state index contributed by atoms with van der Waals surface area (Å²) in [6, 6.07) is 25.1. The maximum Gasteiger partial charge on any atom is 0.234 e. The van der Waals surface area contributed by atoms with Crippen LogP contribution >= 0.6 is 0 Å². The summed E-state index contributed by atoms with van der Waals surface area (Å²) in [5.41, 5.74) is 6.43. The standard InChI is InChI=1S/C33H28N6O2/c34-18-30-36-15-11-29(38-30)37-25-12-16-39(17-13-25)20-22-6-8-24(9-7-22)32-31(23-4-2-1-3-5-23)27-21-40-28-10-14-35-19-26(28)33(27)41-32/h1-11,14-15,19,25H,12-13,16-17,20-21H2,(H,36,37,38). The van der Waals surface area contributed by atoms with Gasteiger partial charge in [-0.25, -0.2) is 9.97 Å². The molecule has 0 atom stereocenters. The van der Waals surface area contributed by atoms with E-state index in [9.17, 15) is 0 Å². The van der Waals surface area contributed by atoms with Crippen molar-refractivity contribution in [3.63, 3.8) is 0 Å². The van der Waals surface area contributed by atoms with Crippen molar-refractivity contribution >= 4 is 5.82 Å². The average Bonchev–Trinajstić information content (AvgIpc) is 3.43. The lowest BCUT2D eigenvalue weighted by Crippen LogP contribution is -2.38. The smallest absolute Gasteiger partial charge is 0.234 e. The van der Waals surface area contributed by atoms with Crippen LogP contribution in [0.4, 0.5) is 5.82 Å². The molecular formula is C33H28N6O2. The number of pyridine rings is 1. The van der Waals surface area contributed by atoms with Crippen LogP contribution in [0.1, 0.15) is 29.8 Å². The fourth-order valence-corrected chi connectivity index (χ4v) is 5.72. The molecule has 2 aromatic carbocycles. The van der Waals surface area contributed by atoms with Crippen molar-refractivity contribution in [2.24, 2.45) is 0 Å². The number of likely N-dealkylation sites (tertiary alicyclic amines) is 1. The highest BCUT2D eigenvalue weighted by atomic mass is 16.5. The van der Waals surface area contributed by atoms with Crippen LogP contribution in [-0.4, -0.2) is 39.0 Å². The Morgan fingerprint density at radius 1 is 0.927 bits per heavy atom. The molecular weight excluding hydrogens is 512 g/mol. The molecule has 5 aromatic rings. The van der Waals surface area contributed by atoms with Crippen molar-refractivity contribution < 1.29 is 9.15 Å². The van der Waals surface area contributed by atoms with E-state index in [1.807, 2.05) is 30.5 Å². The third kappa shape index (κ3) is 5.04. The zero-order valence-corrected chi connectivity index (χ0v) is 22.5. The van der Waals surface area contributed by atoms with Gasteiger partial charge in [0.2, 0.25) is 5.82 Å². The number of benzene rings is 2. The summed E-state index contributed by atoms with van der Waals surface area (Å²) in [6.45, 7) is 3.34. The summed E-state index contributed by atoms with van der Waals surface area (Å²) in [7, 11) is 0. The minimum atomic E-state index is 0.191. The number of hydrogen-bond donors (Lipinski definition) is 1. The van der Waals surface area contributed by atoms with E-state index in [2.05, 4.69) is 73.7 Å². The van der Waals surface area contributed by atoms with Gasteiger partial charge in [-0.2, -0.15) is 5.26 Å². The molecule has 8 nitrogen and oxygen atoms in total. The zero-order chi connectivity index (χ0) is 27.6. The van der Waals surface area contributed by atoms with E-state index in [1.54, 1.807) is 12.4 Å². The van der Waals surface area contributed by atoms with E-state index in [0.717, 1.165) is 77.6 Å². The van der Waals surface area contributed by atoms with Gasteiger partial charge in [-0.15, -0.1) is 0 Å². The molecule has 2 aliphatic rings. The predicted octanol–water partition coefficient (Wildman–Crippen LogP) is 6.31. The molecule has 1 saturated heterocycles. The Balaban J connectivity index is 1.08. The van der Waals surface area contributed by atoms with Gasteiger partial charge in [0.05, 0.1) is 5.56 Å². The van der Waals surface area contributed by atoms with Gasteiger partial charge in [-0.05, 0) is 36.1 Å². The fourth-order valence-electron chi connectivity index (χ4n) is 5.72. The minimum Gasteiger partial charge on any atom is -0.488 e. The molecule has 5 heterocycles. The van der Waals surface area contributed by atoms with Gasteiger partial charge < -0.3 is 14.5 Å². The number of anilines is 1. The highest BCUT2D eigenvalue weighted by molar-refractivity contribution is 5.89. The van der Waals surface area contributed by atoms with Gasteiger partial charge in [0.15, 0.2) is 0 Å². The first-order valence-corrected chi connectivity index (χ1v) is 13.8. The van der Waals surface area contributed by atoms with Gasteiger partial charge in [-0.3, -0.25) is 9.88 Å². The third-order valence-corrected chi connectivity index (χ3v) is 7.78. The number of ether oxygens (including phenoxy) is 1. The second-order valence-corrected chi connectivity index (χ2v) is 10.4. The fraction of sp³-hybridized carbons (Fsp3) is 0.212. The quantitative estimate of drug-likeness (QED) is 0.268. The maximum absolute atomic E-state index is 9.04. The van der Waals surface area contributed by atoms with E-state index in [-0.39, 0.29) is 5.82 Å². The summed E-state index contributed by atoms with van der Waals surface area (Å²) >= 11 is 0. The van der Waals surface area contributed by atoms with E-state index in [4.69, 9.17) is 14.4 Å². The first kappa shape index (κ1) is 25.0. The monoisotopic (exact) mass is 540 g/mol. The molecule has 0 bridgehead atoms. The normalized spacial score (nSPS) is 14.9. The Morgan fingerprint density at radius 3 is 2.56 bits per heavy atom. The number of nitriles is 1. The molecule has 0 amide bonds. The van der Waals surface area contributed by atoms with E-state index in [0.29, 0.717) is 18.5 Å². The summed E-state index contributed by atoms with van der Waals surface area (Å²) < 4.78 is 12.7. The summed E-state index contributed by atoms with van der Waals surface area (Å²) in [4.78, 5) is 15.0. The highest BCUT2D eigenvalue weighted by Crippen LogP contribution is 2.47. The lowest BCUT2D eigenvalue weighted by atomic mass is 9.95. The molecule has 202 valence electrons. The Hall–Kier alpha value is -5.00. The Morgan fingerprint density at radius 2 is 1.76 bits per heavy atom. The number of fused-ring (bicyclic) bond motifs is 3. The lowest BCUT2D eigenvalue weighted by Gasteiger charge is -2.32. The molecule has 8 heteroatoms. The zero-order valence-electron chi connectivity index (χ0n) is 22.5. The van der Waals surface area contributed by atoms with E-state index < -0.39 is 0 Å². The summed E-state index contributed by atoms with van der Waals surface area (Å²) in [6.07, 6.45) is 7.21. The van der Waals surface area contributed by atoms with Crippen LogP contribution in [-0.2, 0) is 13.2 Å². The van der Waals surface area contributed by atoms with Crippen molar-refractivity contribution in [1.82, 2.24) is 19.9 Å². The molecule has 0 saturated carbocycles. The Labute approximate surface area is 238 Å². The number of piperidine rings is 1. The number of aromatic nitrogens is 3. The Bertz CT molecular complexity index is 1720. The first-order valence-electron chi connectivity index (χ1n) is 13.8. The number of nitrogens with zero attached hydrogens (tertiary/aromatic N) is 5.